The second-order valence-corrected chi connectivity index (χ2v) is 7.18. The number of cyclic esters (lactones) is 1. The summed E-state index contributed by atoms with van der Waals surface area (Å²) < 4.78 is 25.3. The Balaban J connectivity index is 1.57. The third-order valence-corrected chi connectivity index (χ3v) is 5.06. The van der Waals surface area contributed by atoms with Crippen molar-refractivity contribution in [3.05, 3.63) is 53.3 Å². The summed E-state index contributed by atoms with van der Waals surface area (Å²) in [4.78, 5) is 36.8. The highest BCUT2D eigenvalue weighted by Crippen LogP contribution is 2.36. The van der Waals surface area contributed by atoms with E-state index in [4.69, 9.17) is 9.47 Å². The number of nitrogens with one attached hydrogen (secondary N) is 2. The van der Waals surface area contributed by atoms with Crippen molar-refractivity contribution in [2.24, 2.45) is 0 Å². The van der Waals surface area contributed by atoms with E-state index in [1.165, 1.54) is 37.1 Å². The first-order chi connectivity index (χ1) is 14.9. The molecule has 4 rings (SSSR count). The normalized spacial score (nSPS) is 18.6. The molecule has 2 aromatic carbocycles. The van der Waals surface area contributed by atoms with Crippen molar-refractivity contribution in [3.8, 4) is 5.75 Å². The number of anilines is 2. The zero-order valence-corrected chi connectivity index (χ0v) is 16.9. The van der Waals surface area contributed by atoms with Crippen LogP contribution in [0.2, 0.25) is 0 Å². The molecule has 0 saturated carbocycles. The van der Waals surface area contributed by atoms with Crippen molar-refractivity contribution in [3.63, 3.8) is 0 Å². The van der Waals surface area contributed by atoms with Crippen LogP contribution in [0.1, 0.15) is 18.1 Å². The summed E-state index contributed by atoms with van der Waals surface area (Å²) in [6.45, 7) is 1.74. The number of benzene rings is 2. The Morgan fingerprint density at radius 1 is 1.32 bits per heavy atom. The van der Waals surface area contributed by atoms with Crippen LogP contribution in [0.5, 0.6) is 5.75 Å². The van der Waals surface area contributed by atoms with Crippen LogP contribution in [-0.4, -0.2) is 44.2 Å². The maximum atomic E-state index is 14.8. The van der Waals surface area contributed by atoms with Gasteiger partial charge in [-0.1, -0.05) is 0 Å². The minimum absolute atomic E-state index is 0.183. The second kappa shape index (κ2) is 8.10. The highest BCUT2D eigenvalue weighted by Gasteiger charge is 2.33. The summed E-state index contributed by atoms with van der Waals surface area (Å²) in [5.41, 5.74) is 2.09. The van der Waals surface area contributed by atoms with Crippen LogP contribution < -0.4 is 20.3 Å². The van der Waals surface area contributed by atoms with Crippen LogP contribution in [0.4, 0.5) is 20.6 Å². The van der Waals surface area contributed by atoms with E-state index in [0.29, 0.717) is 28.3 Å². The van der Waals surface area contributed by atoms with Crippen molar-refractivity contribution in [1.29, 1.82) is 0 Å². The van der Waals surface area contributed by atoms with Gasteiger partial charge in [0.05, 0.1) is 25.9 Å². The summed E-state index contributed by atoms with van der Waals surface area (Å²) in [6, 6.07) is 9.46. The number of halogens is 1. The number of fused-ring (bicyclic) bond motifs is 1. The standard InChI is InChI=1S/C22H20FN3O5/c1-12(27)24-10-16-11-26(22(29)31-16)14-4-3-13(19(23)8-14)7-18-17-9-15(30-2)5-6-20(17)25-21(18)28/h3-9,16H,10-11H2,1-2H3,(H,24,27)(H,25,28)/b18-7+. The Bertz CT molecular complexity index is 1110. The Labute approximate surface area is 177 Å². The average molecular weight is 425 g/mol. The molecule has 0 spiro atoms. The molecule has 0 aliphatic carbocycles. The van der Waals surface area contributed by atoms with Crippen LogP contribution in [0.3, 0.4) is 0 Å². The molecule has 1 fully saturated rings. The van der Waals surface area contributed by atoms with Gasteiger partial charge in [0.1, 0.15) is 17.7 Å². The molecule has 0 bridgehead atoms. The fourth-order valence-electron chi connectivity index (χ4n) is 3.49. The van der Waals surface area contributed by atoms with Gasteiger partial charge in [-0.05, 0) is 42.5 Å². The predicted octanol–water partition coefficient (Wildman–Crippen LogP) is 2.79. The summed E-state index contributed by atoms with van der Waals surface area (Å²) in [5.74, 6) is -0.575. The maximum Gasteiger partial charge on any atom is 0.414 e. The molecule has 160 valence electrons. The number of nitrogens with zero attached hydrogens (tertiary/aromatic N) is 1. The molecule has 1 saturated heterocycles. The number of carbonyl (C=O) groups is 3. The van der Waals surface area contributed by atoms with Crippen molar-refractivity contribution >= 4 is 40.9 Å². The molecule has 1 unspecified atom stereocenters. The SMILES string of the molecule is COc1ccc2c(c1)/C(=C\c1ccc(N3CC(CNC(C)=O)OC3=O)cc1F)C(=O)N2. The van der Waals surface area contributed by atoms with E-state index in [9.17, 15) is 18.8 Å². The predicted molar refractivity (Wildman–Crippen MR) is 112 cm³/mol. The summed E-state index contributed by atoms with van der Waals surface area (Å²) in [6.07, 6.45) is 0.327. The number of hydrogen-bond acceptors (Lipinski definition) is 5. The molecule has 2 N–H and O–H groups in total. The quantitative estimate of drug-likeness (QED) is 0.718. The first-order valence-corrected chi connectivity index (χ1v) is 9.59. The highest BCUT2D eigenvalue weighted by atomic mass is 19.1. The first kappa shape index (κ1) is 20.4. The zero-order chi connectivity index (χ0) is 22.1. The monoisotopic (exact) mass is 425 g/mol. The van der Waals surface area contributed by atoms with E-state index in [-0.39, 0.29) is 30.5 Å². The van der Waals surface area contributed by atoms with Gasteiger partial charge < -0.3 is 20.1 Å². The topological polar surface area (TPSA) is 97.0 Å². The van der Waals surface area contributed by atoms with Crippen molar-refractivity contribution in [2.45, 2.75) is 13.0 Å². The third kappa shape index (κ3) is 4.07. The summed E-state index contributed by atoms with van der Waals surface area (Å²) >= 11 is 0. The maximum absolute atomic E-state index is 14.8. The largest absolute Gasteiger partial charge is 0.497 e. The molecule has 3 amide bonds. The molecule has 9 heteroatoms. The van der Waals surface area contributed by atoms with Crippen LogP contribution >= 0.6 is 0 Å². The number of carbonyl (C=O) groups excluding carboxylic acids is 3. The summed E-state index contributed by atoms with van der Waals surface area (Å²) in [5, 5.41) is 5.33. The van der Waals surface area contributed by atoms with Gasteiger partial charge >= 0.3 is 6.09 Å². The molecule has 0 radical (unpaired) electrons. The van der Waals surface area contributed by atoms with Gasteiger partial charge in [0.15, 0.2) is 0 Å². The van der Waals surface area contributed by atoms with Crippen molar-refractivity contribution in [2.75, 3.05) is 30.4 Å². The third-order valence-electron chi connectivity index (χ3n) is 5.06. The van der Waals surface area contributed by atoms with Crippen LogP contribution in [0.25, 0.3) is 11.6 Å². The van der Waals surface area contributed by atoms with Gasteiger partial charge in [-0.15, -0.1) is 0 Å². The van der Waals surface area contributed by atoms with E-state index in [2.05, 4.69) is 10.6 Å². The number of amides is 3. The molecule has 0 aromatic heterocycles. The van der Waals surface area contributed by atoms with Gasteiger partial charge in [0.2, 0.25) is 5.91 Å². The Kier molecular flexibility index (Phi) is 5.33. The Morgan fingerprint density at radius 2 is 2.13 bits per heavy atom. The molecule has 2 heterocycles. The van der Waals surface area contributed by atoms with Crippen LogP contribution in [0.15, 0.2) is 36.4 Å². The van der Waals surface area contributed by atoms with E-state index in [1.54, 1.807) is 24.3 Å². The number of methoxy groups -OCH3 is 1. The fraction of sp³-hybridized carbons (Fsp3) is 0.227. The number of rotatable bonds is 5. The molecule has 2 aliphatic heterocycles. The lowest BCUT2D eigenvalue weighted by molar-refractivity contribution is -0.119. The van der Waals surface area contributed by atoms with Crippen molar-refractivity contribution in [1.82, 2.24) is 5.32 Å². The number of hydrogen-bond donors (Lipinski definition) is 2. The van der Waals surface area contributed by atoms with Gasteiger partial charge in [0, 0.05) is 29.3 Å². The minimum Gasteiger partial charge on any atom is -0.497 e. The van der Waals surface area contributed by atoms with Gasteiger partial charge in [0.25, 0.3) is 5.91 Å². The van der Waals surface area contributed by atoms with Crippen LogP contribution in [-0.2, 0) is 14.3 Å². The zero-order valence-electron chi connectivity index (χ0n) is 16.9. The average Bonchev–Trinajstić information content (AvgIpc) is 3.26. The minimum atomic E-state index is -0.614. The molecule has 1 atom stereocenters. The van der Waals surface area contributed by atoms with E-state index in [0.717, 1.165) is 0 Å². The van der Waals surface area contributed by atoms with E-state index >= 15 is 0 Å². The molecule has 2 aromatic rings. The second-order valence-electron chi connectivity index (χ2n) is 7.18. The highest BCUT2D eigenvalue weighted by molar-refractivity contribution is 6.35. The molecule has 2 aliphatic rings. The van der Waals surface area contributed by atoms with Gasteiger partial charge in [-0.3, -0.25) is 14.5 Å². The lowest BCUT2D eigenvalue weighted by Crippen LogP contribution is -2.33. The van der Waals surface area contributed by atoms with E-state index < -0.39 is 18.0 Å². The lowest BCUT2D eigenvalue weighted by atomic mass is 10.0. The Morgan fingerprint density at radius 3 is 2.84 bits per heavy atom. The lowest BCUT2D eigenvalue weighted by Gasteiger charge is -2.14. The van der Waals surface area contributed by atoms with Gasteiger partial charge in [-0.2, -0.15) is 0 Å². The number of ether oxygens (including phenoxy) is 2. The Hall–Kier alpha value is -3.88. The van der Waals surface area contributed by atoms with Crippen molar-refractivity contribution < 1.29 is 28.2 Å². The molecular weight excluding hydrogens is 405 g/mol. The smallest absolute Gasteiger partial charge is 0.414 e. The molecular formula is C22H20FN3O5. The summed E-state index contributed by atoms with van der Waals surface area (Å²) in [7, 11) is 1.53. The van der Waals surface area contributed by atoms with Gasteiger partial charge in [-0.25, -0.2) is 9.18 Å². The molecule has 31 heavy (non-hydrogen) atoms. The molecule has 8 nitrogen and oxygen atoms in total. The fourth-order valence-corrected chi connectivity index (χ4v) is 3.49. The van der Waals surface area contributed by atoms with Crippen LogP contribution in [0, 0.1) is 5.82 Å². The van der Waals surface area contributed by atoms with E-state index in [1.807, 2.05) is 0 Å². The first-order valence-electron chi connectivity index (χ1n) is 9.59.